The Kier molecular flexibility index (Phi) is 6.33. The Morgan fingerprint density at radius 1 is 1.10 bits per heavy atom. The molecule has 1 fully saturated rings. The highest BCUT2D eigenvalue weighted by Crippen LogP contribution is 2.25. The van der Waals surface area contributed by atoms with Crippen molar-refractivity contribution >= 4 is 29.2 Å². The van der Waals surface area contributed by atoms with Crippen LogP contribution in [0.4, 0.5) is 11.4 Å². The van der Waals surface area contributed by atoms with Gasteiger partial charge in [-0.1, -0.05) is 6.07 Å². The zero-order valence-electron chi connectivity index (χ0n) is 16.0. The molecule has 0 spiro atoms. The topological polar surface area (TPSA) is 105 Å². The number of carbonyl (C=O) groups excluding carboxylic acids is 2. The summed E-state index contributed by atoms with van der Waals surface area (Å²) in [7, 11) is 0. The Morgan fingerprint density at radius 3 is 2.55 bits per heavy atom. The van der Waals surface area contributed by atoms with E-state index < -0.39 is 12.6 Å². The summed E-state index contributed by atoms with van der Waals surface area (Å²) in [5, 5.41) is 11.4. The van der Waals surface area contributed by atoms with E-state index >= 15 is 0 Å². The first-order valence-electron chi connectivity index (χ1n) is 9.21. The van der Waals surface area contributed by atoms with Crippen molar-refractivity contribution in [3.63, 3.8) is 0 Å². The number of hydrogen-bond acceptors (Lipinski definition) is 5. The molecule has 0 unspecified atom stereocenters. The van der Waals surface area contributed by atoms with Crippen LogP contribution in [0.3, 0.4) is 0 Å². The molecule has 2 aromatic rings. The molecule has 0 aliphatic carbocycles. The first-order valence-corrected chi connectivity index (χ1v) is 9.21. The van der Waals surface area contributed by atoms with Gasteiger partial charge >= 0.3 is 5.97 Å². The molecule has 0 radical (unpaired) electrons. The lowest BCUT2D eigenvalue weighted by atomic mass is 10.2. The number of anilines is 2. The average Bonchev–Trinajstić information content (AvgIpc) is 3.13. The molecular formula is C21H22N2O6. The molecule has 2 N–H and O–H groups in total. The Hall–Kier alpha value is -3.55. The SMILES string of the molecule is Cc1cc(OCC(=O)O)ccc1NC(=O)COc1cccc(N2CCCC2=O)c1. The van der Waals surface area contributed by atoms with E-state index in [0.29, 0.717) is 30.2 Å². The molecule has 1 saturated heterocycles. The summed E-state index contributed by atoms with van der Waals surface area (Å²) in [4.78, 5) is 36.4. The van der Waals surface area contributed by atoms with Gasteiger partial charge in [-0.15, -0.1) is 0 Å². The zero-order chi connectivity index (χ0) is 20.8. The van der Waals surface area contributed by atoms with Crippen molar-refractivity contribution in [2.75, 3.05) is 30.0 Å². The molecule has 1 heterocycles. The summed E-state index contributed by atoms with van der Waals surface area (Å²) in [6, 6.07) is 12.0. The van der Waals surface area contributed by atoms with Gasteiger partial charge in [-0.3, -0.25) is 9.59 Å². The van der Waals surface area contributed by atoms with Crippen molar-refractivity contribution in [2.24, 2.45) is 0 Å². The monoisotopic (exact) mass is 398 g/mol. The lowest BCUT2D eigenvalue weighted by molar-refractivity contribution is -0.139. The smallest absolute Gasteiger partial charge is 0.341 e. The normalized spacial score (nSPS) is 13.3. The van der Waals surface area contributed by atoms with Gasteiger partial charge in [0.15, 0.2) is 13.2 Å². The van der Waals surface area contributed by atoms with Crippen LogP contribution in [0.2, 0.25) is 0 Å². The van der Waals surface area contributed by atoms with Crippen molar-refractivity contribution in [1.82, 2.24) is 0 Å². The minimum Gasteiger partial charge on any atom is -0.484 e. The first-order chi connectivity index (χ1) is 13.9. The second-order valence-electron chi connectivity index (χ2n) is 6.64. The van der Waals surface area contributed by atoms with Gasteiger partial charge in [0.1, 0.15) is 11.5 Å². The fourth-order valence-electron chi connectivity index (χ4n) is 3.01. The van der Waals surface area contributed by atoms with E-state index in [-0.39, 0.29) is 18.4 Å². The van der Waals surface area contributed by atoms with Crippen molar-refractivity contribution in [1.29, 1.82) is 0 Å². The second-order valence-corrected chi connectivity index (χ2v) is 6.64. The van der Waals surface area contributed by atoms with Crippen LogP contribution in [0.1, 0.15) is 18.4 Å². The molecule has 0 bridgehead atoms. The van der Waals surface area contributed by atoms with E-state index in [1.807, 2.05) is 6.07 Å². The van der Waals surface area contributed by atoms with E-state index in [0.717, 1.165) is 17.7 Å². The quantitative estimate of drug-likeness (QED) is 0.708. The second kappa shape index (κ2) is 9.09. The van der Waals surface area contributed by atoms with Gasteiger partial charge < -0.3 is 24.8 Å². The van der Waals surface area contributed by atoms with Gasteiger partial charge in [0.2, 0.25) is 5.91 Å². The number of nitrogens with one attached hydrogen (secondary N) is 1. The summed E-state index contributed by atoms with van der Waals surface area (Å²) in [6.45, 7) is 1.85. The van der Waals surface area contributed by atoms with Crippen molar-refractivity contribution in [2.45, 2.75) is 19.8 Å². The molecule has 0 aromatic heterocycles. The predicted molar refractivity (Wildman–Crippen MR) is 106 cm³/mol. The summed E-state index contributed by atoms with van der Waals surface area (Å²) < 4.78 is 10.7. The van der Waals surface area contributed by atoms with Crippen LogP contribution in [0.15, 0.2) is 42.5 Å². The van der Waals surface area contributed by atoms with Crippen LogP contribution in [-0.2, 0) is 14.4 Å². The highest BCUT2D eigenvalue weighted by Gasteiger charge is 2.21. The molecule has 1 aliphatic rings. The number of hydrogen-bond donors (Lipinski definition) is 2. The molecule has 8 heteroatoms. The standard InChI is InChI=1S/C21H22N2O6/c1-14-10-17(29-13-21(26)27)7-8-18(14)22-19(24)12-28-16-5-2-4-15(11-16)23-9-3-6-20(23)25/h2,4-5,7-8,10-11H,3,6,9,12-13H2,1H3,(H,22,24)(H,26,27). The third-order valence-corrected chi connectivity index (χ3v) is 4.41. The maximum atomic E-state index is 12.2. The molecule has 29 heavy (non-hydrogen) atoms. The lowest BCUT2D eigenvalue weighted by Gasteiger charge is -2.16. The predicted octanol–water partition coefficient (Wildman–Crippen LogP) is 2.60. The molecule has 3 rings (SSSR count). The number of aryl methyl sites for hydroxylation is 1. The number of ether oxygens (including phenoxy) is 2. The Balaban J connectivity index is 1.55. The Bertz CT molecular complexity index is 927. The molecule has 152 valence electrons. The Labute approximate surface area is 168 Å². The van der Waals surface area contributed by atoms with Crippen LogP contribution in [0.25, 0.3) is 0 Å². The highest BCUT2D eigenvalue weighted by molar-refractivity contribution is 5.95. The number of carbonyl (C=O) groups is 3. The Morgan fingerprint density at radius 2 is 1.86 bits per heavy atom. The van der Waals surface area contributed by atoms with Crippen LogP contribution in [-0.4, -0.2) is 42.6 Å². The zero-order valence-corrected chi connectivity index (χ0v) is 16.0. The molecular weight excluding hydrogens is 376 g/mol. The van der Waals surface area contributed by atoms with Gasteiger partial charge in [-0.25, -0.2) is 4.79 Å². The van der Waals surface area contributed by atoms with E-state index in [1.165, 1.54) is 0 Å². The largest absolute Gasteiger partial charge is 0.484 e. The first kappa shape index (κ1) is 20.2. The average molecular weight is 398 g/mol. The summed E-state index contributed by atoms with van der Waals surface area (Å²) in [5.41, 5.74) is 2.08. The van der Waals surface area contributed by atoms with Gasteiger partial charge in [0, 0.05) is 30.4 Å². The fourth-order valence-corrected chi connectivity index (χ4v) is 3.01. The number of carboxylic acids is 1. The minimum atomic E-state index is -1.06. The van der Waals surface area contributed by atoms with Gasteiger partial charge in [-0.05, 0) is 49.2 Å². The van der Waals surface area contributed by atoms with Crippen LogP contribution in [0, 0.1) is 6.92 Å². The molecule has 8 nitrogen and oxygen atoms in total. The van der Waals surface area contributed by atoms with Gasteiger partial charge in [-0.2, -0.15) is 0 Å². The van der Waals surface area contributed by atoms with Crippen molar-refractivity contribution < 1.29 is 29.0 Å². The number of nitrogens with zero attached hydrogens (tertiary/aromatic N) is 1. The molecule has 1 aliphatic heterocycles. The van der Waals surface area contributed by atoms with Crippen molar-refractivity contribution in [3.05, 3.63) is 48.0 Å². The number of rotatable bonds is 8. The number of benzene rings is 2. The third kappa shape index (κ3) is 5.47. The lowest BCUT2D eigenvalue weighted by Crippen LogP contribution is -2.24. The summed E-state index contributed by atoms with van der Waals surface area (Å²) in [5.74, 6) is -0.393. The molecule has 2 aromatic carbocycles. The molecule has 0 atom stereocenters. The van der Waals surface area contributed by atoms with E-state index in [4.69, 9.17) is 14.6 Å². The minimum absolute atomic E-state index is 0.0890. The number of carboxylic acid groups (broad SMARTS) is 1. The maximum absolute atomic E-state index is 12.2. The highest BCUT2D eigenvalue weighted by atomic mass is 16.5. The molecule has 0 saturated carbocycles. The number of aliphatic carboxylic acids is 1. The third-order valence-electron chi connectivity index (χ3n) is 4.41. The fraction of sp³-hybridized carbons (Fsp3) is 0.286. The van der Waals surface area contributed by atoms with Gasteiger partial charge in [0.25, 0.3) is 5.91 Å². The maximum Gasteiger partial charge on any atom is 0.341 e. The van der Waals surface area contributed by atoms with Gasteiger partial charge in [0.05, 0.1) is 0 Å². The van der Waals surface area contributed by atoms with E-state index in [9.17, 15) is 14.4 Å². The van der Waals surface area contributed by atoms with E-state index in [1.54, 1.807) is 48.2 Å². The summed E-state index contributed by atoms with van der Waals surface area (Å²) >= 11 is 0. The summed E-state index contributed by atoms with van der Waals surface area (Å²) in [6.07, 6.45) is 1.39. The van der Waals surface area contributed by atoms with Crippen LogP contribution < -0.4 is 19.7 Å². The van der Waals surface area contributed by atoms with Crippen molar-refractivity contribution in [3.8, 4) is 11.5 Å². The van der Waals surface area contributed by atoms with Crippen LogP contribution in [0.5, 0.6) is 11.5 Å². The molecule has 2 amide bonds. The van der Waals surface area contributed by atoms with Crippen LogP contribution >= 0.6 is 0 Å². The van der Waals surface area contributed by atoms with E-state index in [2.05, 4.69) is 5.32 Å². The number of amides is 2.